The van der Waals surface area contributed by atoms with Crippen LogP contribution in [0.1, 0.15) is 21.5 Å². The van der Waals surface area contributed by atoms with E-state index in [9.17, 15) is 9.59 Å². The third kappa shape index (κ3) is 4.10. The predicted octanol–water partition coefficient (Wildman–Crippen LogP) is 4.24. The number of hydrogen-bond acceptors (Lipinski definition) is 4. The quantitative estimate of drug-likeness (QED) is 0.790. The van der Waals surface area contributed by atoms with Crippen LogP contribution in [0.5, 0.6) is 0 Å². The zero-order chi connectivity index (χ0) is 18.0. The molecule has 2 N–H and O–H groups in total. The van der Waals surface area contributed by atoms with Gasteiger partial charge in [0, 0.05) is 5.02 Å². The van der Waals surface area contributed by atoms with E-state index in [1.165, 1.54) is 23.9 Å². The summed E-state index contributed by atoms with van der Waals surface area (Å²) in [7, 11) is 0. The van der Waals surface area contributed by atoms with Crippen LogP contribution in [0.25, 0.3) is 6.08 Å². The standard InChI is InChI=1S/C18H13ClN2O3S/c1-10-2-5-12(17(23)24)9-14(10)20-18-21-16(22)15(25-18)8-11-3-6-13(19)7-4-11/h2-9H,1H3,(H,23,24)(H,20,21,22). The van der Waals surface area contributed by atoms with Crippen molar-refractivity contribution in [2.75, 3.05) is 0 Å². The third-order valence-corrected chi connectivity index (χ3v) is 4.66. The fraction of sp³-hybridized carbons (Fsp3) is 0.0556. The highest BCUT2D eigenvalue weighted by Gasteiger charge is 2.24. The summed E-state index contributed by atoms with van der Waals surface area (Å²) in [6, 6.07) is 11.8. The van der Waals surface area contributed by atoms with Crippen LogP contribution in [-0.2, 0) is 4.79 Å². The van der Waals surface area contributed by atoms with E-state index < -0.39 is 5.97 Å². The highest BCUT2D eigenvalue weighted by atomic mass is 35.5. The van der Waals surface area contributed by atoms with Crippen LogP contribution >= 0.6 is 23.4 Å². The number of benzene rings is 2. The molecule has 0 unspecified atom stereocenters. The van der Waals surface area contributed by atoms with Gasteiger partial charge in [-0.2, -0.15) is 0 Å². The van der Waals surface area contributed by atoms with Crippen LogP contribution in [0.15, 0.2) is 52.4 Å². The molecule has 126 valence electrons. The van der Waals surface area contributed by atoms with E-state index in [0.29, 0.717) is 20.8 Å². The number of amides is 1. The SMILES string of the molecule is Cc1ccc(C(=O)O)cc1N=C1NC(=O)C(=Cc2ccc(Cl)cc2)S1. The number of carboxylic acids is 1. The number of halogens is 1. The smallest absolute Gasteiger partial charge is 0.335 e. The Kier molecular flexibility index (Phi) is 4.92. The Bertz CT molecular complexity index is 920. The first-order valence-electron chi connectivity index (χ1n) is 7.31. The normalized spacial score (nSPS) is 17.1. The molecule has 0 saturated carbocycles. The van der Waals surface area contributed by atoms with Gasteiger partial charge >= 0.3 is 5.97 Å². The van der Waals surface area contributed by atoms with Crippen molar-refractivity contribution in [2.24, 2.45) is 4.99 Å². The molecule has 5 nitrogen and oxygen atoms in total. The van der Waals surface area contributed by atoms with Gasteiger partial charge in [0.05, 0.1) is 16.2 Å². The van der Waals surface area contributed by atoms with E-state index in [1.807, 2.05) is 19.1 Å². The molecule has 2 aromatic rings. The minimum Gasteiger partial charge on any atom is -0.478 e. The second-order valence-electron chi connectivity index (χ2n) is 5.34. The van der Waals surface area contributed by atoms with Crippen LogP contribution in [0, 0.1) is 6.92 Å². The van der Waals surface area contributed by atoms with Gasteiger partial charge in [-0.3, -0.25) is 4.79 Å². The summed E-state index contributed by atoms with van der Waals surface area (Å²) in [4.78, 5) is 28.1. The monoisotopic (exact) mass is 372 g/mol. The summed E-state index contributed by atoms with van der Waals surface area (Å²) in [5.41, 5.74) is 2.33. The van der Waals surface area contributed by atoms with Gasteiger partial charge in [-0.05, 0) is 60.2 Å². The number of nitrogens with zero attached hydrogens (tertiary/aromatic N) is 1. The highest BCUT2D eigenvalue weighted by molar-refractivity contribution is 8.18. The number of nitrogens with one attached hydrogen (secondary N) is 1. The Balaban J connectivity index is 1.87. The Labute approximate surface area is 153 Å². The summed E-state index contributed by atoms with van der Waals surface area (Å²) in [5.74, 6) is -1.27. The van der Waals surface area contributed by atoms with Crippen LogP contribution in [0.2, 0.25) is 5.02 Å². The minimum absolute atomic E-state index is 0.149. The lowest BCUT2D eigenvalue weighted by atomic mass is 10.1. The molecule has 1 fully saturated rings. The van der Waals surface area contributed by atoms with Crippen molar-refractivity contribution in [2.45, 2.75) is 6.92 Å². The maximum absolute atomic E-state index is 12.1. The average molecular weight is 373 g/mol. The Morgan fingerprint density at radius 1 is 1.24 bits per heavy atom. The van der Waals surface area contributed by atoms with E-state index in [2.05, 4.69) is 10.3 Å². The number of carbonyl (C=O) groups is 2. The first-order valence-corrected chi connectivity index (χ1v) is 8.51. The summed E-state index contributed by atoms with van der Waals surface area (Å²) < 4.78 is 0. The average Bonchev–Trinajstić information content (AvgIpc) is 2.91. The number of aromatic carboxylic acids is 1. The van der Waals surface area contributed by atoms with Gasteiger partial charge in [-0.1, -0.05) is 29.8 Å². The molecule has 0 atom stereocenters. The molecule has 0 aliphatic carbocycles. The Morgan fingerprint density at radius 3 is 2.64 bits per heavy atom. The van der Waals surface area contributed by atoms with E-state index >= 15 is 0 Å². The van der Waals surface area contributed by atoms with Crippen molar-refractivity contribution in [3.63, 3.8) is 0 Å². The van der Waals surface area contributed by atoms with Gasteiger partial charge in [0.2, 0.25) is 0 Å². The minimum atomic E-state index is -1.02. The topological polar surface area (TPSA) is 78.8 Å². The highest BCUT2D eigenvalue weighted by Crippen LogP contribution is 2.29. The second-order valence-corrected chi connectivity index (χ2v) is 6.81. The number of rotatable bonds is 3. The van der Waals surface area contributed by atoms with Crippen molar-refractivity contribution in [3.05, 3.63) is 69.1 Å². The van der Waals surface area contributed by atoms with Gasteiger partial charge in [-0.25, -0.2) is 9.79 Å². The van der Waals surface area contributed by atoms with Crippen LogP contribution in [0.4, 0.5) is 5.69 Å². The van der Waals surface area contributed by atoms with Crippen LogP contribution in [0.3, 0.4) is 0 Å². The first kappa shape index (κ1) is 17.3. The summed E-state index contributed by atoms with van der Waals surface area (Å²) in [5, 5.41) is 12.8. The van der Waals surface area contributed by atoms with Gasteiger partial charge in [0.15, 0.2) is 5.17 Å². The number of carboxylic acid groups (broad SMARTS) is 1. The van der Waals surface area contributed by atoms with E-state index in [1.54, 1.807) is 24.3 Å². The number of aliphatic imine (C=N–C) groups is 1. The zero-order valence-electron chi connectivity index (χ0n) is 13.1. The van der Waals surface area contributed by atoms with Crippen molar-refractivity contribution in [1.82, 2.24) is 5.32 Å². The van der Waals surface area contributed by atoms with Crippen LogP contribution < -0.4 is 5.32 Å². The molecule has 2 aromatic carbocycles. The molecule has 1 aliphatic rings. The number of hydrogen-bond donors (Lipinski definition) is 2. The molecule has 0 radical (unpaired) electrons. The molecule has 0 bridgehead atoms. The molecule has 0 aromatic heterocycles. The number of aryl methyl sites for hydroxylation is 1. The summed E-state index contributed by atoms with van der Waals surface area (Å²) in [6.45, 7) is 1.83. The summed E-state index contributed by atoms with van der Waals surface area (Å²) >= 11 is 7.06. The zero-order valence-corrected chi connectivity index (χ0v) is 14.7. The largest absolute Gasteiger partial charge is 0.478 e. The van der Waals surface area contributed by atoms with Crippen LogP contribution in [-0.4, -0.2) is 22.2 Å². The molecule has 25 heavy (non-hydrogen) atoms. The predicted molar refractivity (Wildman–Crippen MR) is 100 cm³/mol. The molecular weight excluding hydrogens is 360 g/mol. The van der Waals surface area contributed by atoms with Gasteiger partial charge < -0.3 is 10.4 Å². The molecule has 0 spiro atoms. The molecule has 7 heteroatoms. The molecule has 1 heterocycles. The van der Waals surface area contributed by atoms with Crippen molar-refractivity contribution in [1.29, 1.82) is 0 Å². The number of thioether (sulfide) groups is 1. The van der Waals surface area contributed by atoms with E-state index in [-0.39, 0.29) is 11.5 Å². The first-order chi connectivity index (χ1) is 11.9. The Hall–Kier alpha value is -2.57. The van der Waals surface area contributed by atoms with Gasteiger partial charge in [0.25, 0.3) is 5.91 Å². The lowest BCUT2D eigenvalue weighted by molar-refractivity contribution is -0.115. The maximum atomic E-state index is 12.1. The molecular formula is C18H13ClN2O3S. The summed E-state index contributed by atoms with van der Waals surface area (Å²) in [6.07, 6.45) is 1.75. The lowest BCUT2D eigenvalue weighted by Gasteiger charge is -2.03. The Morgan fingerprint density at radius 2 is 1.96 bits per heavy atom. The van der Waals surface area contributed by atoms with Crippen molar-refractivity contribution >= 4 is 52.2 Å². The molecule has 1 amide bonds. The van der Waals surface area contributed by atoms with Gasteiger partial charge in [0.1, 0.15) is 0 Å². The number of carbonyl (C=O) groups excluding carboxylic acids is 1. The molecule has 1 aliphatic heterocycles. The second kappa shape index (κ2) is 7.13. The van der Waals surface area contributed by atoms with Gasteiger partial charge in [-0.15, -0.1) is 0 Å². The van der Waals surface area contributed by atoms with E-state index in [4.69, 9.17) is 16.7 Å². The van der Waals surface area contributed by atoms with Crippen molar-refractivity contribution < 1.29 is 14.7 Å². The third-order valence-electron chi connectivity index (χ3n) is 3.50. The molecule has 1 saturated heterocycles. The molecule has 3 rings (SSSR count). The lowest BCUT2D eigenvalue weighted by Crippen LogP contribution is -2.19. The van der Waals surface area contributed by atoms with E-state index in [0.717, 1.165) is 11.1 Å². The fourth-order valence-electron chi connectivity index (χ4n) is 2.16. The van der Waals surface area contributed by atoms with Crippen molar-refractivity contribution in [3.8, 4) is 0 Å². The number of amidine groups is 1. The fourth-order valence-corrected chi connectivity index (χ4v) is 3.12. The maximum Gasteiger partial charge on any atom is 0.335 e.